The second-order valence-electron chi connectivity index (χ2n) is 3.11. The molecule has 0 spiro atoms. The van der Waals surface area contributed by atoms with Crippen LogP contribution in [-0.2, 0) is 4.74 Å². The summed E-state index contributed by atoms with van der Waals surface area (Å²) in [6.07, 6.45) is 1.77. The minimum atomic E-state index is -0.491. The number of unbranched alkanes of at least 4 members (excludes halogenated alkanes) is 1. The molecule has 2 nitrogen and oxygen atoms in total. The van der Waals surface area contributed by atoms with Crippen molar-refractivity contribution in [2.75, 3.05) is 6.61 Å². The van der Waals surface area contributed by atoms with E-state index in [2.05, 4.69) is 15.9 Å². The van der Waals surface area contributed by atoms with Gasteiger partial charge in [-0.2, -0.15) is 0 Å². The average Bonchev–Trinajstić information content (AvgIpc) is 2.22. The third-order valence-corrected chi connectivity index (χ3v) is 2.57. The van der Waals surface area contributed by atoms with E-state index < -0.39 is 11.8 Å². The van der Waals surface area contributed by atoms with Crippen molar-refractivity contribution < 1.29 is 13.9 Å². The monoisotopic (exact) mass is 274 g/mol. The normalized spacial score (nSPS) is 10.1. The Labute approximate surface area is 96.6 Å². The van der Waals surface area contributed by atoms with E-state index in [1.807, 2.05) is 6.92 Å². The Bertz CT molecular complexity index is 352. The van der Waals surface area contributed by atoms with Gasteiger partial charge in [-0.3, -0.25) is 0 Å². The van der Waals surface area contributed by atoms with Crippen LogP contribution in [0.25, 0.3) is 0 Å². The van der Waals surface area contributed by atoms with Crippen molar-refractivity contribution in [1.29, 1.82) is 0 Å². The first kappa shape index (κ1) is 12.2. The molecule has 1 aromatic carbocycles. The molecule has 1 rings (SSSR count). The number of esters is 1. The fraction of sp³-hybridized carbons (Fsp3) is 0.364. The molecule has 0 aliphatic heterocycles. The Hall–Kier alpha value is -0.900. The Kier molecular flexibility index (Phi) is 4.75. The highest BCUT2D eigenvalue weighted by molar-refractivity contribution is 9.10. The number of halogens is 2. The minimum absolute atomic E-state index is 0.228. The van der Waals surface area contributed by atoms with E-state index in [9.17, 15) is 9.18 Å². The molecule has 1 aromatic rings. The van der Waals surface area contributed by atoms with Crippen molar-refractivity contribution in [1.82, 2.24) is 0 Å². The van der Waals surface area contributed by atoms with E-state index in [0.29, 0.717) is 11.1 Å². The lowest BCUT2D eigenvalue weighted by atomic mass is 10.2. The number of rotatable bonds is 4. The van der Waals surface area contributed by atoms with Gasteiger partial charge in [0.2, 0.25) is 0 Å². The molecule has 0 unspecified atom stereocenters. The van der Waals surface area contributed by atoms with Gasteiger partial charge in [0.15, 0.2) is 0 Å². The van der Waals surface area contributed by atoms with Crippen LogP contribution in [0.15, 0.2) is 22.7 Å². The molecule has 0 saturated heterocycles. The zero-order chi connectivity index (χ0) is 11.3. The number of carbonyl (C=O) groups excluding carboxylic acids is 1. The zero-order valence-corrected chi connectivity index (χ0v) is 10.0. The molecule has 0 aliphatic rings. The van der Waals surface area contributed by atoms with Crippen molar-refractivity contribution in [3.63, 3.8) is 0 Å². The van der Waals surface area contributed by atoms with Crippen molar-refractivity contribution >= 4 is 21.9 Å². The first-order chi connectivity index (χ1) is 7.15. The van der Waals surface area contributed by atoms with Crippen LogP contribution < -0.4 is 0 Å². The summed E-state index contributed by atoms with van der Waals surface area (Å²) in [6.45, 7) is 2.38. The highest BCUT2D eigenvalue weighted by Crippen LogP contribution is 2.18. The van der Waals surface area contributed by atoms with Crippen LogP contribution in [0.1, 0.15) is 30.1 Å². The van der Waals surface area contributed by atoms with Gasteiger partial charge >= 0.3 is 5.97 Å². The van der Waals surface area contributed by atoms with E-state index in [0.717, 1.165) is 12.8 Å². The molecule has 0 radical (unpaired) electrons. The van der Waals surface area contributed by atoms with Crippen LogP contribution in [0.3, 0.4) is 0 Å². The molecule has 0 aliphatic carbocycles. The smallest absolute Gasteiger partial charge is 0.339 e. The second kappa shape index (κ2) is 5.85. The maximum absolute atomic E-state index is 12.9. The maximum atomic E-state index is 12.9. The van der Waals surface area contributed by atoms with Gasteiger partial charge in [0.25, 0.3) is 0 Å². The molecular formula is C11H12BrFO2. The number of carbonyl (C=O) groups is 1. The average molecular weight is 275 g/mol. The molecule has 82 valence electrons. The summed E-state index contributed by atoms with van der Waals surface area (Å²) in [5, 5.41) is 0. The van der Waals surface area contributed by atoms with Crippen molar-refractivity contribution in [2.24, 2.45) is 0 Å². The predicted molar refractivity (Wildman–Crippen MR) is 59.3 cm³/mol. The van der Waals surface area contributed by atoms with Gasteiger partial charge in [0.1, 0.15) is 5.82 Å². The van der Waals surface area contributed by atoms with Crippen molar-refractivity contribution in [2.45, 2.75) is 19.8 Å². The number of benzene rings is 1. The van der Waals surface area contributed by atoms with Gasteiger partial charge in [-0.05, 0) is 40.5 Å². The van der Waals surface area contributed by atoms with Crippen LogP contribution in [0.5, 0.6) is 0 Å². The summed E-state index contributed by atoms with van der Waals surface area (Å²) in [7, 11) is 0. The Balaban J connectivity index is 2.68. The van der Waals surface area contributed by atoms with E-state index >= 15 is 0 Å². The van der Waals surface area contributed by atoms with Gasteiger partial charge in [-0.25, -0.2) is 9.18 Å². The lowest BCUT2D eigenvalue weighted by Crippen LogP contribution is -2.07. The van der Waals surface area contributed by atoms with Gasteiger partial charge in [-0.1, -0.05) is 13.3 Å². The van der Waals surface area contributed by atoms with Crippen LogP contribution in [0, 0.1) is 5.82 Å². The van der Waals surface area contributed by atoms with Gasteiger partial charge in [0.05, 0.1) is 12.2 Å². The summed E-state index contributed by atoms with van der Waals surface area (Å²) in [5.74, 6) is -0.935. The Morgan fingerprint density at radius 3 is 2.93 bits per heavy atom. The first-order valence-electron chi connectivity index (χ1n) is 4.77. The number of hydrogen-bond acceptors (Lipinski definition) is 2. The molecule has 15 heavy (non-hydrogen) atoms. The van der Waals surface area contributed by atoms with E-state index in [1.165, 1.54) is 18.2 Å². The highest BCUT2D eigenvalue weighted by atomic mass is 79.9. The van der Waals surface area contributed by atoms with Crippen LogP contribution in [-0.4, -0.2) is 12.6 Å². The lowest BCUT2D eigenvalue weighted by Gasteiger charge is -2.05. The molecule has 0 fully saturated rings. The Morgan fingerprint density at radius 2 is 2.27 bits per heavy atom. The maximum Gasteiger partial charge on any atom is 0.339 e. The van der Waals surface area contributed by atoms with Gasteiger partial charge < -0.3 is 4.74 Å². The molecule has 0 heterocycles. The number of ether oxygens (including phenoxy) is 1. The predicted octanol–water partition coefficient (Wildman–Crippen LogP) is 3.55. The van der Waals surface area contributed by atoms with Crippen LogP contribution in [0.4, 0.5) is 4.39 Å². The van der Waals surface area contributed by atoms with Gasteiger partial charge in [0, 0.05) is 4.47 Å². The lowest BCUT2D eigenvalue weighted by molar-refractivity contribution is 0.0498. The summed E-state index contributed by atoms with van der Waals surface area (Å²) in [4.78, 5) is 11.5. The molecule has 0 aromatic heterocycles. The molecule has 0 atom stereocenters. The Morgan fingerprint density at radius 1 is 1.53 bits per heavy atom. The van der Waals surface area contributed by atoms with E-state index in [4.69, 9.17) is 4.74 Å². The topological polar surface area (TPSA) is 26.3 Å². The van der Waals surface area contributed by atoms with Crippen LogP contribution >= 0.6 is 15.9 Å². The molecule has 0 bridgehead atoms. The fourth-order valence-electron chi connectivity index (χ4n) is 1.04. The first-order valence-corrected chi connectivity index (χ1v) is 5.56. The quantitative estimate of drug-likeness (QED) is 0.620. The fourth-order valence-corrected chi connectivity index (χ4v) is 1.45. The molecule has 0 saturated carbocycles. The zero-order valence-electron chi connectivity index (χ0n) is 8.43. The summed E-state index contributed by atoms with van der Waals surface area (Å²) in [5.41, 5.74) is 0.228. The third-order valence-electron chi connectivity index (χ3n) is 1.88. The largest absolute Gasteiger partial charge is 0.462 e. The molecular weight excluding hydrogens is 263 g/mol. The standard InChI is InChI=1S/C11H12BrFO2/c1-2-3-6-15-11(14)9-7-8(13)4-5-10(9)12/h4-5,7H,2-3,6H2,1H3. The van der Waals surface area contributed by atoms with E-state index in [-0.39, 0.29) is 5.56 Å². The SMILES string of the molecule is CCCCOC(=O)c1cc(F)ccc1Br. The summed E-state index contributed by atoms with van der Waals surface area (Å²) >= 11 is 3.17. The highest BCUT2D eigenvalue weighted by Gasteiger charge is 2.11. The molecule has 0 N–H and O–H groups in total. The molecule has 0 amide bonds. The van der Waals surface area contributed by atoms with Crippen molar-refractivity contribution in [3.8, 4) is 0 Å². The molecule has 4 heteroatoms. The third kappa shape index (κ3) is 3.63. The van der Waals surface area contributed by atoms with Crippen molar-refractivity contribution in [3.05, 3.63) is 34.1 Å². The van der Waals surface area contributed by atoms with E-state index in [1.54, 1.807) is 0 Å². The van der Waals surface area contributed by atoms with Gasteiger partial charge in [-0.15, -0.1) is 0 Å². The minimum Gasteiger partial charge on any atom is -0.462 e. The van der Waals surface area contributed by atoms with Crippen LogP contribution in [0.2, 0.25) is 0 Å². The number of hydrogen-bond donors (Lipinski definition) is 0. The summed E-state index contributed by atoms with van der Waals surface area (Å²) < 4.78 is 18.4. The second-order valence-corrected chi connectivity index (χ2v) is 3.97. The summed E-state index contributed by atoms with van der Waals surface area (Å²) in [6, 6.07) is 3.94.